The van der Waals surface area contributed by atoms with Gasteiger partial charge in [0.05, 0.1) is 6.04 Å². The van der Waals surface area contributed by atoms with Crippen molar-refractivity contribution in [3.05, 3.63) is 71.4 Å². The van der Waals surface area contributed by atoms with Gasteiger partial charge in [0.25, 0.3) is 0 Å². The van der Waals surface area contributed by atoms with Gasteiger partial charge in [0.1, 0.15) is 0 Å². The molecule has 3 rings (SSSR count). The van der Waals surface area contributed by atoms with E-state index in [-0.39, 0.29) is 11.9 Å². The molecule has 1 N–H and O–H groups in total. The normalized spacial score (nSPS) is 12.3. The Labute approximate surface area is 140 Å². The molecule has 2 aromatic carbocycles. The number of aryl methyl sites for hydroxylation is 1. The zero-order chi connectivity index (χ0) is 16.2. The predicted molar refractivity (Wildman–Crippen MR) is 94.6 cm³/mol. The van der Waals surface area contributed by atoms with Crippen molar-refractivity contribution in [1.82, 2.24) is 9.88 Å². The number of nitrogens with one attached hydrogen (secondary N) is 1. The van der Waals surface area contributed by atoms with Gasteiger partial charge in [-0.2, -0.15) is 0 Å². The van der Waals surface area contributed by atoms with Crippen molar-refractivity contribution in [3.8, 4) is 0 Å². The third-order valence-electron chi connectivity index (χ3n) is 4.01. The summed E-state index contributed by atoms with van der Waals surface area (Å²) in [7, 11) is 0. The van der Waals surface area contributed by atoms with E-state index in [4.69, 9.17) is 11.6 Å². The minimum absolute atomic E-state index is 0.0233. The van der Waals surface area contributed by atoms with E-state index in [1.165, 1.54) is 5.39 Å². The standard InChI is InChI=1S/C19H19ClN2O/c1-14(16-7-3-4-8-17(16)20)21-19(23)11-13-22-12-10-15-6-2-5-9-18(15)22/h2-10,12,14H,11,13H2,1H3,(H,21,23). The van der Waals surface area contributed by atoms with Crippen molar-refractivity contribution in [1.29, 1.82) is 0 Å². The van der Waals surface area contributed by atoms with Crippen LogP contribution < -0.4 is 5.32 Å². The third-order valence-corrected chi connectivity index (χ3v) is 4.35. The second-order valence-electron chi connectivity index (χ2n) is 5.63. The van der Waals surface area contributed by atoms with Gasteiger partial charge in [-0.1, -0.05) is 48.0 Å². The lowest BCUT2D eigenvalue weighted by molar-refractivity contribution is -0.121. The second kappa shape index (κ2) is 6.88. The Balaban J connectivity index is 1.61. The number of nitrogens with zero attached hydrogens (tertiary/aromatic N) is 1. The van der Waals surface area contributed by atoms with Gasteiger partial charge in [-0.05, 0) is 36.1 Å². The van der Waals surface area contributed by atoms with E-state index in [1.807, 2.05) is 49.5 Å². The van der Waals surface area contributed by atoms with Gasteiger partial charge in [0.2, 0.25) is 5.91 Å². The zero-order valence-corrected chi connectivity index (χ0v) is 13.8. The molecule has 3 aromatic rings. The SMILES string of the molecule is CC(NC(=O)CCn1ccc2ccccc21)c1ccccc1Cl. The maximum Gasteiger partial charge on any atom is 0.222 e. The van der Waals surface area contributed by atoms with Crippen LogP contribution in [0, 0.1) is 0 Å². The fourth-order valence-corrected chi connectivity index (χ4v) is 3.07. The molecule has 0 saturated carbocycles. The largest absolute Gasteiger partial charge is 0.349 e. The molecule has 4 heteroatoms. The molecule has 0 saturated heterocycles. The van der Waals surface area contributed by atoms with Gasteiger partial charge in [0.15, 0.2) is 0 Å². The van der Waals surface area contributed by atoms with Crippen LogP contribution in [0.4, 0.5) is 0 Å². The summed E-state index contributed by atoms with van der Waals surface area (Å²) in [5.41, 5.74) is 2.09. The molecular formula is C19H19ClN2O. The maximum atomic E-state index is 12.2. The van der Waals surface area contributed by atoms with Crippen molar-refractivity contribution < 1.29 is 4.79 Å². The Morgan fingerprint density at radius 1 is 1.13 bits per heavy atom. The van der Waals surface area contributed by atoms with E-state index < -0.39 is 0 Å². The molecule has 1 amide bonds. The summed E-state index contributed by atoms with van der Waals surface area (Å²) in [6.45, 7) is 2.61. The van der Waals surface area contributed by atoms with Crippen LogP contribution in [-0.4, -0.2) is 10.5 Å². The van der Waals surface area contributed by atoms with E-state index in [2.05, 4.69) is 28.1 Å². The smallest absolute Gasteiger partial charge is 0.222 e. The van der Waals surface area contributed by atoms with Crippen molar-refractivity contribution >= 4 is 28.4 Å². The fourth-order valence-electron chi connectivity index (χ4n) is 2.78. The van der Waals surface area contributed by atoms with Crippen LogP contribution in [0.15, 0.2) is 60.8 Å². The summed E-state index contributed by atoms with van der Waals surface area (Å²) < 4.78 is 2.11. The van der Waals surface area contributed by atoms with Gasteiger partial charge < -0.3 is 9.88 Å². The molecule has 0 aliphatic heterocycles. The van der Waals surface area contributed by atoms with Gasteiger partial charge in [-0.3, -0.25) is 4.79 Å². The molecule has 118 valence electrons. The number of halogens is 1. The number of carbonyl (C=O) groups excluding carboxylic acids is 1. The van der Waals surface area contributed by atoms with E-state index in [9.17, 15) is 4.79 Å². The van der Waals surface area contributed by atoms with E-state index in [0.29, 0.717) is 18.0 Å². The van der Waals surface area contributed by atoms with Gasteiger partial charge in [-0.25, -0.2) is 0 Å². The Hall–Kier alpha value is -2.26. The number of benzene rings is 2. The lowest BCUT2D eigenvalue weighted by atomic mass is 10.1. The lowest BCUT2D eigenvalue weighted by Gasteiger charge is -2.16. The zero-order valence-electron chi connectivity index (χ0n) is 13.0. The second-order valence-corrected chi connectivity index (χ2v) is 6.04. The van der Waals surface area contributed by atoms with Crippen LogP contribution in [0.25, 0.3) is 10.9 Å². The average Bonchev–Trinajstić information content (AvgIpc) is 2.96. The molecular weight excluding hydrogens is 308 g/mol. The first-order valence-electron chi connectivity index (χ1n) is 7.73. The summed E-state index contributed by atoms with van der Waals surface area (Å²) in [5.74, 6) is 0.0233. The molecule has 3 nitrogen and oxygen atoms in total. The maximum absolute atomic E-state index is 12.2. The summed E-state index contributed by atoms with van der Waals surface area (Å²) in [4.78, 5) is 12.2. The summed E-state index contributed by atoms with van der Waals surface area (Å²) in [6, 6.07) is 17.7. The minimum Gasteiger partial charge on any atom is -0.349 e. The Bertz CT molecular complexity index is 825. The van der Waals surface area contributed by atoms with Crippen LogP contribution in [0.3, 0.4) is 0 Å². The molecule has 1 aromatic heterocycles. The predicted octanol–water partition coefficient (Wildman–Crippen LogP) is 4.56. The van der Waals surface area contributed by atoms with Crippen molar-refractivity contribution in [2.75, 3.05) is 0 Å². The lowest BCUT2D eigenvalue weighted by Crippen LogP contribution is -2.27. The Morgan fingerprint density at radius 2 is 1.87 bits per heavy atom. The van der Waals surface area contributed by atoms with Gasteiger partial charge >= 0.3 is 0 Å². The summed E-state index contributed by atoms with van der Waals surface area (Å²) in [5, 5.41) is 4.88. The minimum atomic E-state index is -0.0994. The topological polar surface area (TPSA) is 34.0 Å². The van der Waals surface area contributed by atoms with Gasteiger partial charge in [-0.15, -0.1) is 0 Å². The first-order chi connectivity index (χ1) is 11.1. The number of aromatic nitrogens is 1. The Kier molecular flexibility index (Phi) is 4.68. The van der Waals surface area contributed by atoms with Crippen LogP contribution >= 0.6 is 11.6 Å². The molecule has 1 atom stereocenters. The van der Waals surface area contributed by atoms with Crippen LogP contribution in [-0.2, 0) is 11.3 Å². The summed E-state index contributed by atoms with van der Waals surface area (Å²) in [6.07, 6.45) is 2.46. The molecule has 0 radical (unpaired) electrons. The molecule has 1 unspecified atom stereocenters. The number of para-hydroxylation sites is 1. The quantitative estimate of drug-likeness (QED) is 0.732. The molecule has 0 aliphatic rings. The van der Waals surface area contributed by atoms with Crippen LogP contribution in [0.5, 0.6) is 0 Å². The van der Waals surface area contributed by atoms with Crippen LogP contribution in [0.2, 0.25) is 5.02 Å². The fraction of sp³-hybridized carbons (Fsp3) is 0.211. The van der Waals surface area contributed by atoms with Crippen LogP contribution in [0.1, 0.15) is 24.9 Å². The average molecular weight is 327 g/mol. The van der Waals surface area contributed by atoms with Crippen molar-refractivity contribution in [2.45, 2.75) is 25.9 Å². The first-order valence-corrected chi connectivity index (χ1v) is 8.10. The van der Waals surface area contributed by atoms with E-state index >= 15 is 0 Å². The highest BCUT2D eigenvalue weighted by molar-refractivity contribution is 6.31. The van der Waals surface area contributed by atoms with Gasteiger partial charge in [0, 0.05) is 29.7 Å². The number of amides is 1. The molecule has 0 bridgehead atoms. The Morgan fingerprint density at radius 3 is 2.70 bits per heavy atom. The molecule has 0 fully saturated rings. The molecule has 0 spiro atoms. The number of rotatable bonds is 5. The highest BCUT2D eigenvalue weighted by atomic mass is 35.5. The molecule has 0 aliphatic carbocycles. The first kappa shape index (κ1) is 15.6. The highest BCUT2D eigenvalue weighted by Gasteiger charge is 2.12. The number of fused-ring (bicyclic) bond motifs is 1. The monoisotopic (exact) mass is 326 g/mol. The third kappa shape index (κ3) is 3.57. The molecule has 1 heterocycles. The van der Waals surface area contributed by atoms with E-state index in [1.54, 1.807) is 0 Å². The summed E-state index contributed by atoms with van der Waals surface area (Å²) >= 11 is 6.17. The molecule has 23 heavy (non-hydrogen) atoms. The van der Waals surface area contributed by atoms with E-state index in [0.717, 1.165) is 11.1 Å². The number of carbonyl (C=O) groups is 1. The highest BCUT2D eigenvalue weighted by Crippen LogP contribution is 2.22. The number of hydrogen-bond acceptors (Lipinski definition) is 1. The van der Waals surface area contributed by atoms with Crippen molar-refractivity contribution in [2.24, 2.45) is 0 Å². The van der Waals surface area contributed by atoms with Crippen molar-refractivity contribution in [3.63, 3.8) is 0 Å². The number of hydrogen-bond donors (Lipinski definition) is 1.